The molecule has 1 aromatic carbocycles. The quantitative estimate of drug-likeness (QED) is 0.848. The molecule has 1 saturated heterocycles. The van der Waals surface area contributed by atoms with Crippen molar-refractivity contribution < 1.29 is 17.9 Å². The molecule has 0 aromatic heterocycles. The Labute approximate surface area is 124 Å². The van der Waals surface area contributed by atoms with Gasteiger partial charge in [-0.25, -0.2) is 13.1 Å². The van der Waals surface area contributed by atoms with Gasteiger partial charge in [0.15, 0.2) is 11.5 Å². The number of rotatable bonds is 5. The van der Waals surface area contributed by atoms with Gasteiger partial charge in [-0.2, -0.15) is 0 Å². The second-order valence-electron chi connectivity index (χ2n) is 5.52. The summed E-state index contributed by atoms with van der Waals surface area (Å²) in [5, 5.41) is 3.28. The van der Waals surface area contributed by atoms with E-state index < -0.39 is 10.0 Å². The van der Waals surface area contributed by atoms with Crippen molar-refractivity contribution in [3.63, 3.8) is 0 Å². The van der Waals surface area contributed by atoms with E-state index in [4.69, 9.17) is 9.47 Å². The summed E-state index contributed by atoms with van der Waals surface area (Å²) in [4.78, 5) is 0.260. The molecule has 3 rings (SSSR count). The van der Waals surface area contributed by atoms with E-state index in [2.05, 4.69) is 10.0 Å². The number of ether oxygens (including phenoxy) is 2. The lowest BCUT2D eigenvalue weighted by Crippen LogP contribution is -2.27. The molecule has 1 fully saturated rings. The van der Waals surface area contributed by atoms with Gasteiger partial charge in [0.05, 0.1) is 4.90 Å². The van der Waals surface area contributed by atoms with E-state index in [0.717, 1.165) is 25.9 Å². The summed E-state index contributed by atoms with van der Waals surface area (Å²) >= 11 is 0. The molecule has 1 aromatic rings. The van der Waals surface area contributed by atoms with Crippen LogP contribution in [0.15, 0.2) is 17.0 Å². The SMILES string of the molecule is Cc1cc2c(cc1S(=O)(=O)NCCC1CCNC1)OCO2. The molecule has 2 aliphatic heterocycles. The fourth-order valence-corrected chi connectivity index (χ4v) is 4.04. The first-order chi connectivity index (χ1) is 10.1. The van der Waals surface area contributed by atoms with Gasteiger partial charge in [0.1, 0.15) is 0 Å². The van der Waals surface area contributed by atoms with Crippen LogP contribution in [0.25, 0.3) is 0 Å². The van der Waals surface area contributed by atoms with E-state index in [0.29, 0.717) is 29.5 Å². The fraction of sp³-hybridized carbons (Fsp3) is 0.571. The Kier molecular flexibility index (Phi) is 4.05. The molecular weight excluding hydrogens is 292 g/mol. The Morgan fingerprint density at radius 3 is 2.81 bits per heavy atom. The number of hydrogen-bond acceptors (Lipinski definition) is 5. The van der Waals surface area contributed by atoms with Crippen molar-refractivity contribution >= 4 is 10.0 Å². The van der Waals surface area contributed by atoms with Crippen molar-refractivity contribution in [1.82, 2.24) is 10.0 Å². The number of hydrogen-bond donors (Lipinski definition) is 2. The molecule has 0 bridgehead atoms. The van der Waals surface area contributed by atoms with Gasteiger partial charge in [-0.05, 0) is 50.4 Å². The summed E-state index contributed by atoms with van der Waals surface area (Å²) in [6, 6.07) is 3.24. The second-order valence-corrected chi connectivity index (χ2v) is 7.25. The molecule has 1 atom stereocenters. The van der Waals surface area contributed by atoms with E-state index in [1.165, 1.54) is 6.07 Å². The topological polar surface area (TPSA) is 76.7 Å². The number of nitrogens with one attached hydrogen (secondary N) is 2. The molecule has 0 amide bonds. The van der Waals surface area contributed by atoms with Crippen LogP contribution in [-0.2, 0) is 10.0 Å². The fourth-order valence-electron chi connectivity index (χ4n) is 2.75. The molecule has 7 heteroatoms. The van der Waals surface area contributed by atoms with Crippen LogP contribution in [0.5, 0.6) is 11.5 Å². The van der Waals surface area contributed by atoms with E-state index in [1.807, 2.05) is 0 Å². The average molecular weight is 312 g/mol. The monoisotopic (exact) mass is 312 g/mol. The van der Waals surface area contributed by atoms with Crippen LogP contribution in [0.3, 0.4) is 0 Å². The summed E-state index contributed by atoms with van der Waals surface area (Å²) in [6.07, 6.45) is 1.97. The minimum Gasteiger partial charge on any atom is -0.454 e. The Balaban J connectivity index is 1.69. The van der Waals surface area contributed by atoms with Gasteiger partial charge >= 0.3 is 0 Å². The Morgan fingerprint density at radius 2 is 2.10 bits per heavy atom. The Morgan fingerprint density at radius 1 is 1.33 bits per heavy atom. The molecule has 0 radical (unpaired) electrons. The second kappa shape index (κ2) is 5.82. The number of fused-ring (bicyclic) bond motifs is 1. The highest BCUT2D eigenvalue weighted by molar-refractivity contribution is 7.89. The highest BCUT2D eigenvalue weighted by Crippen LogP contribution is 2.36. The molecule has 0 spiro atoms. The van der Waals surface area contributed by atoms with Crippen LogP contribution < -0.4 is 19.5 Å². The third-order valence-electron chi connectivity index (χ3n) is 3.97. The molecule has 2 heterocycles. The first-order valence-electron chi connectivity index (χ1n) is 7.17. The average Bonchev–Trinajstić information content (AvgIpc) is 3.07. The first-order valence-corrected chi connectivity index (χ1v) is 8.65. The predicted octanol–water partition coefficient (Wildman–Crippen LogP) is 1.00. The molecule has 116 valence electrons. The Bertz CT molecular complexity index is 624. The van der Waals surface area contributed by atoms with Crippen molar-refractivity contribution in [2.24, 2.45) is 5.92 Å². The molecule has 6 nitrogen and oxygen atoms in total. The lowest BCUT2D eigenvalue weighted by molar-refractivity contribution is 0.174. The van der Waals surface area contributed by atoms with Gasteiger partial charge < -0.3 is 14.8 Å². The summed E-state index contributed by atoms with van der Waals surface area (Å²) in [6.45, 7) is 4.36. The van der Waals surface area contributed by atoms with Gasteiger partial charge in [-0.1, -0.05) is 0 Å². The molecule has 21 heavy (non-hydrogen) atoms. The minimum absolute atomic E-state index is 0.139. The van der Waals surface area contributed by atoms with Gasteiger partial charge in [0, 0.05) is 12.6 Å². The van der Waals surface area contributed by atoms with E-state index in [1.54, 1.807) is 13.0 Å². The van der Waals surface area contributed by atoms with E-state index in [-0.39, 0.29) is 11.7 Å². The van der Waals surface area contributed by atoms with Crippen LogP contribution >= 0.6 is 0 Å². The van der Waals surface area contributed by atoms with Crippen molar-refractivity contribution in [1.29, 1.82) is 0 Å². The summed E-state index contributed by atoms with van der Waals surface area (Å²) in [5.41, 5.74) is 0.661. The summed E-state index contributed by atoms with van der Waals surface area (Å²) < 4.78 is 38.0. The molecule has 1 unspecified atom stereocenters. The van der Waals surface area contributed by atoms with Crippen molar-refractivity contribution in [2.75, 3.05) is 26.4 Å². The highest BCUT2D eigenvalue weighted by Gasteiger charge is 2.23. The van der Waals surface area contributed by atoms with Crippen LogP contribution in [-0.4, -0.2) is 34.8 Å². The van der Waals surface area contributed by atoms with Gasteiger partial charge in [-0.3, -0.25) is 0 Å². The highest BCUT2D eigenvalue weighted by atomic mass is 32.2. The molecule has 0 saturated carbocycles. The zero-order chi connectivity index (χ0) is 14.9. The smallest absolute Gasteiger partial charge is 0.240 e. The lowest BCUT2D eigenvalue weighted by atomic mass is 10.1. The molecule has 2 aliphatic rings. The zero-order valence-corrected chi connectivity index (χ0v) is 12.8. The normalized spacial score (nSPS) is 20.9. The maximum absolute atomic E-state index is 12.4. The van der Waals surface area contributed by atoms with Crippen molar-refractivity contribution in [3.8, 4) is 11.5 Å². The van der Waals surface area contributed by atoms with E-state index in [9.17, 15) is 8.42 Å². The van der Waals surface area contributed by atoms with Gasteiger partial charge in [-0.15, -0.1) is 0 Å². The third-order valence-corrected chi connectivity index (χ3v) is 5.57. The Hall–Kier alpha value is -1.31. The third kappa shape index (κ3) is 3.14. The maximum Gasteiger partial charge on any atom is 0.240 e. The number of benzene rings is 1. The van der Waals surface area contributed by atoms with Gasteiger partial charge in [0.25, 0.3) is 0 Å². The van der Waals surface area contributed by atoms with Crippen LogP contribution in [0.2, 0.25) is 0 Å². The van der Waals surface area contributed by atoms with Crippen LogP contribution in [0, 0.1) is 12.8 Å². The van der Waals surface area contributed by atoms with Crippen LogP contribution in [0.1, 0.15) is 18.4 Å². The van der Waals surface area contributed by atoms with Crippen molar-refractivity contribution in [3.05, 3.63) is 17.7 Å². The zero-order valence-electron chi connectivity index (χ0n) is 12.0. The lowest BCUT2D eigenvalue weighted by Gasteiger charge is -2.12. The van der Waals surface area contributed by atoms with Gasteiger partial charge in [0.2, 0.25) is 16.8 Å². The predicted molar refractivity (Wildman–Crippen MR) is 78.1 cm³/mol. The van der Waals surface area contributed by atoms with Crippen LogP contribution in [0.4, 0.5) is 0 Å². The largest absolute Gasteiger partial charge is 0.454 e. The maximum atomic E-state index is 12.4. The first kappa shape index (κ1) is 14.6. The summed E-state index contributed by atoms with van der Waals surface area (Å²) in [5.74, 6) is 1.65. The van der Waals surface area contributed by atoms with E-state index >= 15 is 0 Å². The minimum atomic E-state index is -3.51. The summed E-state index contributed by atoms with van der Waals surface area (Å²) in [7, 11) is -3.51. The number of aryl methyl sites for hydroxylation is 1. The molecule has 2 N–H and O–H groups in total. The standard InChI is InChI=1S/C14H20N2O4S/c1-10-6-12-13(20-9-19-12)7-14(10)21(17,18)16-5-3-11-2-4-15-8-11/h6-7,11,15-16H,2-5,8-9H2,1H3. The number of sulfonamides is 1. The molecule has 0 aliphatic carbocycles. The molecular formula is C14H20N2O4S. The van der Waals surface area contributed by atoms with Crippen molar-refractivity contribution in [2.45, 2.75) is 24.7 Å².